The predicted molar refractivity (Wildman–Crippen MR) is 65.0 cm³/mol. The van der Waals surface area contributed by atoms with E-state index >= 15 is 0 Å². The molecule has 0 aromatic carbocycles. The molecular weight excluding hydrogens is 184 g/mol. The molecule has 3 atom stereocenters. The van der Waals surface area contributed by atoms with Crippen molar-refractivity contribution in [3.8, 4) is 0 Å². The first-order chi connectivity index (χ1) is 7.18. The van der Waals surface area contributed by atoms with Gasteiger partial charge in [0.05, 0.1) is 0 Å². The van der Waals surface area contributed by atoms with Gasteiger partial charge in [0.15, 0.2) is 0 Å². The van der Waals surface area contributed by atoms with Crippen LogP contribution in [0.3, 0.4) is 0 Å². The second-order valence-electron chi connectivity index (χ2n) is 5.73. The first-order valence-electron chi connectivity index (χ1n) is 6.66. The Morgan fingerprint density at radius 2 is 2.00 bits per heavy atom. The lowest BCUT2D eigenvalue weighted by atomic mass is 9.95. The van der Waals surface area contributed by atoms with Gasteiger partial charge in [-0.15, -0.1) is 0 Å². The van der Waals surface area contributed by atoms with Crippen molar-refractivity contribution in [2.24, 2.45) is 11.8 Å². The zero-order valence-electron chi connectivity index (χ0n) is 10.5. The van der Waals surface area contributed by atoms with Gasteiger partial charge in [-0.2, -0.15) is 0 Å². The van der Waals surface area contributed by atoms with Gasteiger partial charge in [-0.25, -0.2) is 0 Å². The topological polar surface area (TPSA) is 15.3 Å². The molecule has 0 bridgehead atoms. The maximum absolute atomic E-state index is 3.64. The minimum atomic E-state index is 0.747. The maximum atomic E-state index is 3.64. The van der Waals surface area contributed by atoms with Crippen molar-refractivity contribution < 1.29 is 0 Å². The van der Waals surface area contributed by atoms with Gasteiger partial charge in [0.25, 0.3) is 0 Å². The van der Waals surface area contributed by atoms with E-state index in [2.05, 4.69) is 31.0 Å². The molecule has 88 valence electrons. The normalized spacial score (nSPS) is 35.2. The van der Waals surface area contributed by atoms with E-state index in [0.29, 0.717) is 0 Å². The van der Waals surface area contributed by atoms with Gasteiger partial charge in [0.1, 0.15) is 0 Å². The highest BCUT2D eigenvalue weighted by Gasteiger charge is 2.32. The highest BCUT2D eigenvalue weighted by atomic mass is 15.2. The smallest absolute Gasteiger partial charge is 0.0221 e. The van der Waals surface area contributed by atoms with Crippen LogP contribution in [0.2, 0.25) is 0 Å². The third-order valence-corrected chi connectivity index (χ3v) is 4.46. The second-order valence-corrected chi connectivity index (χ2v) is 5.73. The summed E-state index contributed by atoms with van der Waals surface area (Å²) in [6.45, 7) is 11.0. The molecule has 0 saturated carbocycles. The molecule has 3 unspecified atom stereocenters. The summed E-state index contributed by atoms with van der Waals surface area (Å²) in [6.07, 6.45) is 4.16. The average molecular weight is 210 g/mol. The highest BCUT2D eigenvalue weighted by molar-refractivity contribution is 4.89. The Morgan fingerprint density at radius 3 is 2.53 bits per heavy atom. The third-order valence-electron chi connectivity index (χ3n) is 4.46. The lowest BCUT2D eigenvalue weighted by Crippen LogP contribution is -2.44. The molecule has 1 N–H and O–H groups in total. The first kappa shape index (κ1) is 11.4. The average Bonchev–Trinajstić information content (AvgIpc) is 2.88. The molecule has 2 saturated heterocycles. The molecule has 2 nitrogen and oxygen atoms in total. The van der Waals surface area contributed by atoms with Gasteiger partial charge in [-0.1, -0.05) is 13.8 Å². The number of nitrogens with zero attached hydrogens (tertiary/aromatic N) is 1. The maximum Gasteiger partial charge on any atom is 0.0221 e. The molecule has 2 heteroatoms. The summed E-state index contributed by atoms with van der Waals surface area (Å²) in [5.41, 5.74) is 0. The van der Waals surface area contributed by atoms with Crippen molar-refractivity contribution in [3.05, 3.63) is 0 Å². The van der Waals surface area contributed by atoms with Crippen molar-refractivity contribution in [2.75, 3.05) is 19.6 Å². The summed E-state index contributed by atoms with van der Waals surface area (Å²) in [7, 11) is 0. The number of likely N-dealkylation sites (tertiary alicyclic amines) is 1. The van der Waals surface area contributed by atoms with E-state index in [9.17, 15) is 0 Å². The molecule has 2 aliphatic heterocycles. The molecular formula is C13H26N2. The molecule has 0 spiro atoms. The first-order valence-corrected chi connectivity index (χ1v) is 6.66. The van der Waals surface area contributed by atoms with Crippen molar-refractivity contribution in [1.82, 2.24) is 10.2 Å². The predicted octanol–water partition coefficient (Wildman–Crippen LogP) is 2.10. The molecule has 2 heterocycles. The molecule has 2 rings (SSSR count). The van der Waals surface area contributed by atoms with Crippen LogP contribution in [0.1, 0.15) is 40.0 Å². The van der Waals surface area contributed by atoms with Gasteiger partial charge in [-0.3, -0.25) is 4.90 Å². The number of rotatable bonds is 3. The summed E-state index contributed by atoms with van der Waals surface area (Å²) in [4.78, 5) is 2.70. The monoisotopic (exact) mass is 210 g/mol. The minimum absolute atomic E-state index is 0.747. The van der Waals surface area contributed by atoms with Crippen molar-refractivity contribution in [2.45, 2.75) is 52.1 Å². The standard InChI is InChI=1S/C13H26N2/c1-10(2)12-6-8-15(9-12)11(3)13-5-4-7-14-13/h10-14H,4-9H2,1-3H3. The van der Waals surface area contributed by atoms with Gasteiger partial charge in [0, 0.05) is 18.6 Å². The molecule has 0 amide bonds. The fourth-order valence-electron chi connectivity index (χ4n) is 3.11. The lowest BCUT2D eigenvalue weighted by molar-refractivity contribution is 0.202. The zero-order chi connectivity index (χ0) is 10.8. The van der Waals surface area contributed by atoms with E-state index in [1.165, 1.54) is 38.9 Å². The van der Waals surface area contributed by atoms with E-state index in [1.807, 2.05) is 0 Å². The molecule has 2 fully saturated rings. The van der Waals surface area contributed by atoms with Gasteiger partial charge >= 0.3 is 0 Å². The van der Waals surface area contributed by atoms with Crippen molar-refractivity contribution in [3.63, 3.8) is 0 Å². The van der Waals surface area contributed by atoms with Crippen molar-refractivity contribution >= 4 is 0 Å². The van der Waals surface area contributed by atoms with Crippen LogP contribution in [0.15, 0.2) is 0 Å². The molecule has 0 aliphatic carbocycles. The highest BCUT2D eigenvalue weighted by Crippen LogP contribution is 2.27. The summed E-state index contributed by atoms with van der Waals surface area (Å²) >= 11 is 0. The zero-order valence-corrected chi connectivity index (χ0v) is 10.5. The van der Waals surface area contributed by atoms with Gasteiger partial charge in [-0.05, 0) is 51.1 Å². The van der Waals surface area contributed by atoms with Crippen LogP contribution in [-0.4, -0.2) is 36.6 Å². The third kappa shape index (κ3) is 2.54. The van der Waals surface area contributed by atoms with Crippen LogP contribution in [0.4, 0.5) is 0 Å². The minimum Gasteiger partial charge on any atom is -0.312 e. The fourth-order valence-corrected chi connectivity index (χ4v) is 3.11. The molecule has 0 aromatic heterocycles. The van der Waals surface area contributed by atoms with Crippen LogP contribution in [0.25, 0.3) is 0 Å². The second kappa shape index (κ2) is 4.84. The van der Waals surface area contributed by atoms with E-state index in [-0.39, 0.29) is 0 Å². The number of nitrogens with one attached hydrogen (secondary N) is 1. The van der Waals surface area contributed by atoms with Crippen LogP contribution >= 0.6 is 0 Å². The Bertz CT molecular complexity index is 197. The van der Waals surface area contributed by atoms with E-state index in [4.69, 9.17) is 0 Å². The fraction of sp³-hybridized carbons (Fsp3) is 1.00. The Kier molecular flexibility index (Phi) is 3.68. The molecule has 0 radical (unpaired) electrons. The molecule has 2 aliphatic rings. The van der Waals surface area contributed by atoms with E-state index in [1.54, 1.807) is 0 Å². The summed E-state index contributed by atoms with van der Waals surface area (Å²) in [5, 5.41) is 3.64. The summed E-state index contributed by atoms with van der Waals surface area (Å²) in [6, 6.07) is 1.51. The Balaban J connectivity index is 1.84. The van der Waals surface area contributed by atoms with E-state index in [0.717, 1.165) is 23.9 Å². The van der Waals surface area contributed by atoms with Crippen LogP contribution in [0.5, 0.6) is 0 Å². The molecule has 15 heavy (non-hydrogen) atoms. The summed E-state index contributed by atoms with van der Waals surface area (Å²) < 4.78 is 0. The summed E-state index contributed by atoms with van der Waals surface area (Å²) in [5.74, 6) is 1.80. The van der Waals surface area contributed by atoms with Crippen LogP contribution < -0.4 is 5.32 Å². The van der Waals surface area contributed by atoms with Crippen LogP contribution in [-0.2, 0) is 0 Å². The lowest BCUT2D eigenvalue weighted by Gasteiger charge is -2.30. The van der Waals surface area contributed by atoms with Gasteiger partial charge < -0.3 is 5.32 Å². The Morgan fingerprint density at radius 1 is 1.20 bits per heavy atom. The van der Waals surface area contributed by atoms with E-state index < -0.39 is 0 Å². The van der Waals surface area contributed by atoms with Gasteiger partial charge in [0.2, 0.25) is 0 Å². The Labute approximate surface area is 94.4 Å². The van der Waals surface area contributed by atoms with Crippen LogP contribution in [0, 0.1) is 11.8 Å². The quantitative estimate of drug-likeness (QED) is 0.767. The molecule has 0 aromatic rings. The van der Waals surface area contributed by atoms with Crippen molar-refractivity contribution in [1.29, 1.82) is 0 Å². The number of hydrogen-bond acceptors (Lipinski definition) is 2. The Hall–Kier alpha value is -0.0800. The largest absolute Gasteiger partial charge is 0.312 e. The SMILES string of the molecule is CC(C)C1CCN(C(C)C2CCCN2)C1. The number of hydrogen-bond donors (Lipinski definition) is 1.